The van der Waals surface area contributed by atoms with Crippen molar-refractivity contribution in [3.05, 3.63) is 317 Å². The van der Waals surface area contributed by atoms with Crippen molar-refractivity contribution in [2.24, 2.45) is 9.98 Å². The lowest BCUT2D eigenvalue weighted by Gasteiger charge is -2.10. The topological polar surface area (TPSA) is 60.8 Å². The van der Waals surface area contributed by atoms with Crippen molar-refractivity contribution in [1.82, 2.24) is 0 Å². The second-order valence-corrected chi connectivity index (χ2v) is 17.8. The van der Waals surface area contributed by atoms with E-state index in [2.05, 4.69) is 214 Å². The van der Waals surface area contributed by atoms with Crippen molar-refractivity contribution < 1.29 is 0 Å². The molecule has 0 aliphatic rings. The fourth-order valence-electron chi connectivity index (χ4n) is 8.15. The van der Waals surface area contributed by atoms with Crippen molar-refractivity contribution in [2.45, 2.75) is 39.7 Å². The molecular formula is C68H63N5. The normalized spacial score (nSPS) is 10.8. The van der Waals surface area contributed by atoms with Crippen LogP contribution >= 0.6 is 0 Å². The number of aryl methyl sites for hydroxylation is 2. The third-order valence-electron chi connectivity index (χ3n) is 12.2. The fraction of sp³-hybridized carbons (Fsp3) is 0.0882. The van der Waals surface area contributed by atoms with E-state index in [4.69, 9.17) is 0 Å². The molecule has 0 aliphatic heterocycles. The van der Waals surface area contributed by atoms with Crippen molar-refractivity contribution in [2.75, 3.05) is 16.0 Å². The molecule has 0 spiro atoms. The maximum absolute atomic E-state index is 4.62. The molecule has 10 rings (SSSR count). The molecule has 0 bridgehead atoms. The summed E-state index contributed by atoms with van der Waals surface area (Å²) in [5.41, 5.74) is 18.7. The number of aliphatic imine (C=N–C) groups is 2. The highest BCUT2D eigenvalue weighted by Gasteiger charge is 2.03. The lowest BCUT2D eigenvalue weighted by molar-refractivity contribution is 0.957. The Morgan fingerprint density at radius 3 is 1.01 bits per heavy atom. The van der Waals surface area contributed by atoms with E-state index in [1.807, 2.05) is 91.3 Å². The smallest absolute Gasteiger partial charge is 0.0631 e. The van der Waals surface area contributed by atoms with Gasteiger partial charge in [0.2, 0.25) is 0 Å². The number of nitrogens with zero attached hydrogens (tertiary/aromatic N) is 2. The first-order chi connectivity index (χ1) is 35.6. The predicted octanol–water partition coefficient (Wildman–Crippen LogP) is 17.6. The molecule has 10 aromatic rings. The van der Waals surface area contributed by atoms with E-state index in [1.54, 1.807) is 0 Å². The van der Waals surface area contributed by atoms with E-state index in [0.29, 0.717) is 0 Å². The summed E-state index contributed by atoms with van der Waals surface area (Å²) in [7, 11) is 0. The summed E-state index contributed by atoms with van der Waals surface area (Å²) in [4.78, 5) is 9.22. The zero-order valence-corrected chi connectivity index (χ0v) is 40.5. The summed E-state index contributed by atoms with van der Waals surface area (Å²) in [5, 5.41) is 10.4. The van der Waals surface area contributed by atoms with Gasteiger partial charge in [-0.25, -0.2) is 0 Å². The Balaban J connectivity index is 0.000000192. The van der Waals surface area contributed by atoms with E-state index in [0.717, 1.165) is 83.2 Å². The van der Waals surface area contributed by atoms with E-state index < -0.39 is 0 Å². The SMILES string of the molecule is C.C(=Nc1ccc(Cc2ccccc2)cc1)c1ccc(C=Nc2ccc(Nc3ccccc3)cc2)cc1.c1ccc(Cc2ccc(NCc3ccc(CCc4ccc(Nc5ccccc5)cc4)cc3)cc2)cc1. The van der Waals surface area contributed by atoms with Crippen LogP contribution in [0.3, 0.4) is 0 Å². The molecule has 0 saturated heterocycles. The molecule has 5 heteroatoms. The van der Waals surface area contributed by atoms with Crippen molar-refractivity contribution in [1.29, 1.82) is 0 Å². The summed E-state index contributed by atoms with van der Waals surface area (Å²) in [6.07, 6.45) is 7.76. The van der Waals surface area contributed by atoms with Gasteiger partial charge in [-0.1, -0.05) is 189 Å². The average Bonchev–Trinajstić information content (AvgIpc) is 3.44. The number of anilines is 5. The van der Waals surface area contributed by atoms with Crippen LogP contribution < -0.4 is 16.0 Å². The summed E-state index contributed by atoms with van der Waals surface area (Å²) in [5.74, 6) is 0. The van der Waals surface area contributed by atoms with Gasteiger partial charge in [-0.3, -0.25) is 9.98 Å². The van der Waals surface area contributed by atoms with Gasteiger partial charge < -0.3 is 16.0 Å². The van der Waals surface area contributed by atoms with E-state index in [1.165, 1.54) is 38.9 Å². The van der Waals surface area contributed by atoms with Crippen LogP contribution in [0.4, 0.5) is 39.8 Å². The standard InChI is InChI=1S/C34H32N2.C33H27N3.CH4/c1-3-7-29(8-4-1)25-30-19-21-32(22-20-30)35-26-31-15-13-27(14-16-31)11-12-28-17-23-34(24-18-28)36-33-9-5-2-6-10-33;1-3-7-26(8-4-1)23-27-15-17-30(18-16-27)34-24-28-11-13-29(14-12-28)25-35-31-19-21-33(22-20-31)36-32-9-5-2-6-10-32;/h1-10,13-24,35-36H,11-12,25-26H2;1-22,24-25,36H,23H2;1H4. The van der Waals surface area contributed by atoms with Crippen LogP contribution in [0.2, 0.25) is 0 Å². The number of hydrogen-bond acceptors (Lipinski definition) is 5. The quantitative estimate of drug-likeness (QED) is 0.0751. The third-order valence-corrected chi connectivity index (χ3v) is 12.2. The first-order valence-electron chi connectivity index (χ1n) is 24.7. The van der Waals surface area contributed by atoms with Crippen LogP contribution in [0.25, 0.3) is 0 Å². The van der Waals surface area contributed by atoms with Crippen LogP contribution in [0.1, 0.15) is 57.5 Å². The molecule has 10 aromatic carbocycles. The van der Waals surface area contributed by atoms with E-state index in [-0.39, 0.29) is 7.43 Å². The Bertz CT molecular complexity index is 2970. The highest BCUT2D eigenvalue weighted by molar-refractivity contribution is 5.86. The molecule has 5 nitrogen and oxygen atoms in total. The van der Waals surface area contributed by atoms with Crippen LogP contribution in [0.5, 0.6) is 0 Å². The van der Waals surface area contributed by atoms with Crippen LogP contribution in [-0.2, 0) is 32.2 Å². The van der Waals surface area contributed by atoms with Gasteiger partial charge in [-0.15, -0.1) is 0 Å². The van der Waals surface area contributed by atoms with Crippen molar-refractivity contribution in [3.63, 3.8) is 0 Å². The Kier molecular flexibility index (Phi) is 18.5. The van der Waals surface area contributed by atoms with E-state index in [9.17, 15) is 0 Å². The molecular weight excluding hydrogens is 887 g/mol. The number of hydrogen-bond donors (Lipinski definition) is 3. The molecule has 0 aromatic heterocycles. The Morgan fingerprint density at radius 2 is 0.575 bits per heavy atom. The molecule has 0 atom stereocenters. The minimum absolute atomic E-state index is 0. The van der Waals surface area contributed by atoms with Crippen LogP contribution in [0, 0.1) is 0 Å². The lowest BCUT2D eigenvalue weighted by atomic mass is 10.0. The number of benzene rings is 10. The molecule has 0 heterocycles. The van der Waals surface area contributed by atoms with Gasteiger partial charge in [0.1, 0.15) is 0 Å². The van der Waals surface area contributed by atoms with Gasteiger partial charge in [-0.05, 0) is 161 Å². The monoisotopic (exact) mass is 950 g/mol. The van der Waals surface area contributed by atoms with Gasteiger partial charge in [0, 0.05) is 47.4 Å². The van der Waals surface area contributed by atoms with Crippen LogP contribution in [-0.4, -0.2) is 12.4 Å². The van der Waals surface area contributed by atoms with Crippen molar-refractivity contribution in [3.8, 4) is 0 Å². The van der Waals surface area contributed by atoms with Gasteiger partial charge in [0.05, 0.1) is 11.4 Å². The minimum atomic E-state index is 0. The highest BCUT2D eigenvalue weighted by atomic mass is 14.9. The summed E-state index contributed by atoms with van der Waals surface area (Å²) in [6, 6.07) is 92.7. The molecule has 360 valence electrons. The predicted molar refractivity (Wildman–Crippen MR) is 313 cm³/mol. The number of rotatable bonds is 18. The zero-order valence-electron chi connectivity index (χ0n) is 40.5. The second-order valence-electron chi connectivity index (χ2n) is 17.8. The van der Waals surface area contributed by atoms with Crippen molar-refractivity contribution >= 4 is 52.2 Å². The Morgan fingerprint density at radius 1 is 0.274 bits per heavy atom. The minimum Gasteiger partial charge on any atom is -0.381 e. The molecule has 0 saturated carbocycles. The molecule has 0 fully saturated rings. The number of nitrogens with one attached hydrogen (secondary N) is 3. The average molecular weight is 950 g/mol. The molecule has 3 N–H and O–H groups in total. The maximum atomic E-state index is 4.62. The largest absolute Gasteiger partial charge is 0.381 e. The van der Waals surface area contributed by atoms with Gasteiger partial charge in [0.15, 0.2) is 0 Å². The second kappa shape index (κ2) is 26.8. The highest BCUT2D eigenvalue weighted by Crippen LogP contribution is 2.22. The first-order valence-corrected chi connectivity index (χ1v) is 24.7. The van der Waals surface area contributed by atoms with Gasteiger partial charge in [-0.2, -0.15) is 0 Å². The summed E-state index contributed by atoms with van der Waals surface area (Å²) in [6.45, 7) is 0.828. The first kappa shape index (κ1) is 50.3. The summed E-state index contributed by atoms with van der Waals surface area (Å²) >= 11 is 0. The van der Waals surface area contributed by atoms with Gasteiger partial charge in [0.25, 0.3) is 0 Å². The third kappa shape index (κ3) is 16.5. The maximum Gasteiger partial charge on any atom is 0.0631 e. The molecule has 0 unspecified atom stereocenters. The lowest BCUT2D eigenvalue weighted by Crippen LogP contribution is -2.00. The Labute approximate surface area is 432 Å². The van der Waals surface area contributed by atoms with Gasteiger partial charge >= 0.3 is 0 Å². The van der Waals surface area contributed by atoms with E-state index >= 15 is 0 Å². The molecule has 0 amide bonds. The molecule has 73 heavy (non-hydrogen) atoms. The molecule has 0 aliphatic carbocycles. The Hall–Kier alpha value is -9.06. The summed E-state index contributed by atoms with van der Waals surface area (Å²) < 4.78 is 0. The zero-order chi connectivity index (χ0) is 48.8. The fourth-order valence-corrected chi connectivity index (χ4v) is 8.15. The molecule has 0 radical (unpaired) electrons. The number of para-hydroxylation sites is 2. The van der Waals surface area contributed by atoms with Crippen LogP contribution in [0.15, 0.2) is 277 Å².